The van der Waals surface area contributed by atoms with Crippen LogP contribution in [0.4, 0.5) is 0 Å². The molecule has 0 aromatic carbocycles. The highest BCUT2D eigenvalue weighted by Crippen LogP contribution is 2.27. The number of pyridine rings is 1. The van der Waals surface area contributed by atoms with Gasteiger partial charge in [-0.3, -0.25) is 4.40 Å². The third kappa shape index (κ3) is 1.92. The van der Waals surface area contributed by atoms with Gasteiger partial charge < -0.3 is 10.4 Å². The summed E-state index contributed by atoms with van der Waals surface area (Å²) >= 11 is 3.37. The second-order valence-electron chi connectivity index (χ2n) is 3.82. The molecule has 2 heterocycles. The highest BCUT2D eigenvalue weighted by Gasteiger charge is 2.13. The maximum atomic E-state index is 9.75. The van der Waals surface area contributed by atoms with Gasteiger partial charge in [0.05, 0.1) is 0 Å². The van der Waals surface area contributed by atoms with E-state index in [2.05, 4.69) is 33.2 Å². The number of aromatic hydroxyl groups is 1. The van der Waals surface area contributed by atoms with Crippen LogP contribution in [0.1, 0.15) is 12.7 Å². The Morgan fingerprint density at radius 3 is 3.06 bits per heavy atom. The van der Waals surface area contributed by atoms with Gasteiger partial charge in [-0.2, -0.15) is 0 Å². The first-order chi connectivity index (χ1) is 7.63. The van der Waals surface area contributed by atoms with Crippen molar-refractivity contribution in [2.75, 3.05) is 7.05 Å². The summed E-state index contributed by atoms with van der Waals surface area (Å²) in [6.45, 7) is 2.10. The second-order valence-corrected chi connectivity index (χ2v) is 4.58. The molecule has 16 heavy (non-hydrogen) atoms. The van der Waals surface area contributed by atoms with E-state index < -0.39 is 0 Å². The maximum absolute atomic E-state index is 9.75. The Kier molecular flexibility index (Phi) is 3.16. The summed E-state index contributed by atoms with van der Waals surface area (Å²) in [4.78, 5) is 4.42. The van der Waals surface area contributed by atoms with Gasteiger partial charge in [0, 0.05) is 18.7 Å². The van der Waals surface area contributed by atoms with E-state index in [0.29, 0.717) is 10.6 Å². The van der Waals surface area contributed by atoms with E-state index in [4.69, 9.17) is 0 Å². The van der Waals surface area contributed by atoms with Gasteiger partial charge in [-0.1, -0.05) is 0 Å². The Labute approximate surface area is 102 Å². The van der Waals surface area contributed by atoms with Gasteiger partial charge in [-0.15, -0.1) is 0 Å². The molecule has 0 aliphatic rings. The summed E-state index contributed by atoms with van der Waals surface area (Å²) in [7, 11) is 1.92. The van der Waals surface area contributed by atoms with Crippen LogP contribution in [0.3, 0.4) is 0 Å². The first kappa shape index (κ1) is 11.4. The van der Waals surface area contributed by atoms with Crippen LogP contribution in [0.5, 0.6) is 5.75 Å². The quantitative estimate of drug-likeness (QED) is 0.905. The molecular formula is C11H14BrN3O. The Hall–Kier alpha value is -1.07. The van der Waals surface area contributed by atoms with Gasteiger partial charge in [-0.05, 0) is 42.0 Å². The van der Waals surface area contributed by atoms with Crippen molar-refractivity contribution in [1.29, 1.82) is 0 Å². The number of aromatic nitrogens is 2. The molecule has 0 saturated carbocycles. The summed E-state index contributed by atoms with van der Waals surface area (Å²) in [5, 5.41) is 12.9. The molecule has 0 aliphatic heterocycles. The lowest BCUT2D eigenvalue weighted by molar-refractivity contribution is 0.478. The lowest BCUT2D eigenvalue weighted by Crippen LogP contribution is -2.24. The van der Waals surface area contributed by atoms with E-state index in [9.17, 15) is 5.11 Å². The van der Waals surface area contributed by atoms with Crippen molar-refractivity contribution in [2.24, 2.45) is 0 Å². The summed E-state index contributed by atoms with van der Waals surface area (Å²) in [6.07, 6.45) is 2.72. The highest BCUT2D eigenvalue weighted by molar-refractivity contribution is 9.10. The molecule has 0 saturated heterocycles. The van der Waals surface area contributed by atoms with Crippen molar-refractivity contribution in [1.82, 2.24) is 14.7 Å². The minimum absolute atomic E-state index is 0.241. The predicted octanol–water partition coefficient (Wildman–Crippen LogP) is 1.95. The number of nitrogens with one attached hydrogen (secondary N) is 1. The van der Waals surface area contributed by atoms with Crippen LogP contribution in [-0.4, -0.2) is 27.6 Å². The molecule has 5 heteroatoms. The third-order valence-electron chi connectivity index (χ3n) is 2.66. The zero-order valence-corrected chi connectivity index (χ0v) is 10.8. The Morgan fingerprint density at radius 2 is 2.38 bits per heavy atom. The fraction of sp³-hybridized carbons (Fsp3) is 0.364. The largest absolute Gasteiger partial charge is 0.506 e. The smallest absolute Gasteiger partial charge is 0.142 e. The lowest BCUT2D eigenvalue weighted by Gasteiger charge is -2.08. The number of imidazole rings is 1. The molecule has 4 nitrogen and oxygen atoms in total. The first-order valence-corrected chi connectivity index (χ1v) is 5.94. The van der Waals surface area contributed by atoms with Gasteiger partial charge in [0.1, 0.15) is 21.7 Å². The highest BCUT2D eigenvalue weighted by atomic mass is 79.9. The SMILES string of the molecule is CNC(C)Cc1nc(Br)c2c(O)cccn12. The molecule has 0 bridgehead atoms. The predicted molar refractivity (Wildman–Crippen MR) is 66.8 cm³/mol. The molecule has 2 aromatic rings. The average Bonchev–Trinajstić information content (AvgIpc) is 2.57. The number of hydrogen-bond donors (Lipinski definition) is 2. The Balaban J connectivity index is 2.51. The van der Waals surface area contributed by atoms with Crippen molar-refractivity contribution in [3.63, 3.8) is 0 Å². The number of rotatable bonds is 3. The normalized spacial score (nSPS) is 13.2. The van der Waals surface area contributed by atoms with Crippen LogP contribution in [0, 0.1) is 0 Å². The molecule has 2 aromatic heterocycles. The first-order valence-electron chi connectivity index (χ1n) is 5.15. The number of fused-ring (bicyclic) bond motifs is 1. The standard InChI is InChI=1S/C11H14BrN3O/c1-7(13-2)6-9-14-11(12)10-8(16)4-3-5-15(9)10/h3-5,7,13,16H,6H2,1-2H3. The van der Waals surface area contributed by atoms with Crippen LogP contribution >= 0.6 is 15.9 Å². The minimum atomic E-state index is 0.241. The molecule has 0 fully saturated rings. The molecular weight excluding hydrogens is 270 g/mol. The van der Waals surface area contributed by atoms with Crippen LogP contribution < -0.4 is 5.32 Å². The molecule has 0 spiro atoms. The van der Waals surface area contributed by atoms with E-state index in [1.165, 1.54) is 0 Å². The van der Waals surface area contributed by atoms with Gasteiger partial charge in [0.2, 0.25) is 0 Å². The third-order valence-corrected chi connectivity index (χ3v) is 3.21. The van der Waals surface area contributed by atoms with E-state index in [0.717, 1.165) is 17.8 Å². The van der Waals surface area contributed by atoms with Crippen molar-refractivity contribution < 1.29 is 5.11 Å². The maximum Gasteiger partial charge on any atom is 0.142 e. The molecule has 0 aliphatic carbocycles. The summed E-state index contributed by atoms with van der Waals surface area (Å²) < 4.78 is 2.59. The molecule has 2 rings (SSSR count). The molecule has 1 unspecified atom stereocenters. The van der Waals surface area contributed by atoms with Crippen LogP contribution in [0.25, 0.3) is 5.52 Å². The lowest BCUT2D eigenvalue weighted by atomic mass is 10.2. The molecule has 86 valence electrons. The summed E-state index contributed by atoms with van der Waals surface area (Å²) in [6, 6.07) is 3.82. The monoisotopic (exact) mass is 283 g/mol. The number of nitrogens with zero attached hydrogens (tertiary/aromatic N) is 2. The minimum Gasteiger partial charge on any atom is -0.506 e. The topological polar surface area (TPSA) is 49.6 Å². The van der Waals surface area contributed by atoms with Gasteiger partial charge in [-0.25, -0.2) is 4.98 Å². The number of halogens is 1. The van der Waals surface area contributed by atoms with Crippen molar-refractivity contribution >= 4 is 21.4 Å². The second kappa shape index (κ2) is 4.43. The van der Waals surface area contributed by atoms with Gasteiger partial charge in [0.15, 0.2) is 0 Å². The number of hydrogen-bond acceptors (Lipinski definition) is 3. The van der Waals surface area contributed by atoms with Crippen LogP contribution in [0.15, 0.2) is 22.9 Å². The van der Waals surface area contributed by atoms with Crippen molar-refractivity contribution in [2.45, 2.75) is 19.4 Å². The molecule has 0 amide bonds. The number of likely N-dealkylation sites (N-methyl/N-ethyl adjacent to an activating group) is 1. The zero-order valence-electron chi connectivity index (χ0n) is 9.24. The summed E-state index contributed by atoms with van der Waals surface area (Å²) in [5.41, 5.74) is 0.723. The van der Waals surface area contributed by atoms with Crippen LogP contribution in [0.2, 0.25) is 0 Å². The van der Waals surface area contributed by atoms with Crippen LogP contribution in [-0.2, 0) is 6.42 Å². The fourth-order valence-electron chi connectivity index (χ4n) is 1.66. The Bertz CT molecular complexity index is 509. The van der Waals surface area contributed by atoms with E-state index >= 15 is 0 Å². The zero-order chi connectivity index (χ0) is 11.7. The van der Waals surface area contributed by atoms with Crippen molar-refractivity contribution in [3.8, 4) is 5.75 Å². The summed E-state index contributed by atoms with van der Waals surface area (Å²) in [5.74, 6) is 1.17. The molecule has 2 N–H and O–H groups in total. The van der Waals surface area contributed by atoms with Gasteiger partial charge >= 0.3 is 0 Å². The average molecular weight is 284 g/mol. The van der Waals surface area contributed by atoms with Gasteiger partial charge in [0.25, 0.3) is 0 Å². The Morgan fingerprint density at radius 1 is 1.62 bits per heavy atom. The van der Waals surface area contributed by atoms with Crippen molar-refractivity contribution in [3.05, 3.63) is 28.8 Å². The van der Waals surface area contributed by atoms with E-state index in [1.54, 1.807) is 6.07 Å². The fourth-order valence-corrected chi connectivity index (χ4v) is 2.26. The van der Waals surface area contributed by atoms with E-state index in [-0.39, 0.29) is 5.75 Å². The molecule has 1 atom stereocenters. The van der Waals surface area contributed by atoms with E-state index in [1.807, 2.05) is 23.7 Å². The molecule has 0 radical (unpaired) electrons.